The zero-order chi connectivity index (χ0) is 37.5. The molecule has 0 saturated heterocycles. The Hall–Kier alpha value is -4.29. The zero-order valence-corrected chi connectivity index (χ0v) is 33.3. The smallest absolute Gasteiger partial charge is 0.120 e. The first kappa shape index (κ1) is 30.5. The van der Waals surface area contributed by atoms with Gasteiger partial charge in [-0.3, -0.25) is 4.98 Å². The Kier molecular flexibility index (Phi) is 9.10. The molecule has 0 aliphatic carbocycles. The minimum absolute atomic E-state index is 0. The maximum Gasteiger partial charge on any atom is 0.120 e. The number of furan rings is 1. The van der Waals surface area contributed by atoms with Crippen LogP contribution in [0.3, 0.4) is 0 Å². The van der Waals surface area contributed by atoms with Crippen molar-refractivity contribution in [2.45, 2.75) is 50.4 Å². The van der Waals surface area contributed by atoms with Crippen molar-refractivity contribution >= 4 is 50.6 Å². The molecule has 6 heteroatoms. The molecule has 0 unspecified atom stereocenters. The first-order valence-corrected chi connectivity index (χ1v) is 23.9. The third-order valence-electron chi connectivity index (χ3n) is 8.74. The average Bonchev–Trinajstić information content (AvgIpc) is 3.69. The second-order valence-electron chi connectivity index (χ2n) is 13.5. The minimum atomic E-state index is -2.14. The molecule has 0 fully saturated rings. The minimum Gasteiger partial charge on any atom is -0.501 e. The number of hydrogen-bond acceptors (Lipinski definition) is 3. The van der Waals surface area contributed by atoms with Crippen molar-refractivity contribution in [1.29, 1.82) is 0 Å². The molecule has 3 heterocycles. The summed E-state index contributed by atoms with van der Waals surface area (Å²) in [6.45, 7) is 2.40. The van der Waals surface area contributed by atoms with Gasteiger partial charge in [0.15, 0.2) is 0 Å². The molecule has 0 aliphatic heterocycles. The summed E-state index contributed by atoms with van der Waals surface area (Å²) in [4.78, 5) is 9.54. The van der Waals surface area contributed by atoms with Crippen molar-refractivity contribution in [3.05, 3.63) is 150 Å². The summed E-state index contributed by atoms with van der Waals surface area (Å²) in [5.41, 5.74) is 8.68. The molecular formula is C44H41GeIrN3O-2. The van der Waals surface area contributed by atoms with Crippen molar-refractivity contribution in [1.82, 2.24) is 14.5 Å². The van der Waals surface area contributed by atoms with Crippen LogP contribution in [0, 0.1) is 19.0 Å². The molecule has 0 amide bonds. The molecule has 8 aromatic rings. The number of benzene rings is 5. The van der Waals surface area contributed by atoms with E-state index in [2.05, 4.69) is 93.5 Å². The van der Waals surface area contributed by atoms with E-state index in [1.54, 1.807) is 12.1 Å². The van der Waals surface area contributed by atoms with Crippen molar-refractivity contribution in [3.8, 4) is 22.6 Å². The van der Waals surface area contributed by atoms with Gasteiger partial charge in [-0.2, -0.15) is 0 Å². The van der Waals surface area contributed by atoms with Crippen LogP contribution in [0.2, 0.25) is 17.3 Å². The Morgan fingerprint density at radius 1 is 0.880 bits per heavy atom. The zero-order valence-electron chi connectivity index (χ0n) is 32.8. The van der Waals surface area contributed by atoms with Crippen LogP contribution >= 0.6 is 0 Å². The van der Waals surface area contributed by atoms with Crippen LogP contribution < -0.4 is 4.40 Å². The molecular weight excluding hydrogens is 851 g/mol. The van der Waals surface area contributed by atoms with E-state index in [0.717, 1.165) is 67.7 Å². The number of aromatic nitrogens is 3. The summed E-state index contributed by atoms with van der Waals surface area (Å²) in [5.74, 6) is 7.06. The molecule has 50 heavy (non-hydrogen) atoms. The van der Waals surface area contributed by atoms with Crippen molar-refractivity contribution in [2.24, 2.45) is 0 Å². The first-order valence-electron chi connectivity index (χ1n) is 18.5. The van der Waals surface area contributed by atoms with Gasteiger partial charge in [-0.15, -0.1) is 18.2 Å². The summed E-state index contributed by atoms with van der Waals surface area (Å²) in [7, 11) is 0. The van der Waals surface area contributed by atoms with Gasteiger partial charge in [-0.05, 0) is 23.8 Å². The van der Waals surface area contributed by atoms with Crippen LogP contribution in [0.4, 0.5) is 0 Å². The van der Waals surface area contributed by atoms with Gasteiger partial charge in [-0.25, -0.2) is 0 Å². The monoisotopic (exact) mass is 898 g/mol. The molecule has 4 nitrogen and oxygen atoms in total. The Morgan fingerprint density at radius 3 is 2.38 bits per heavy atom. The molecule has 0 atom stereocenters. The van der Waals surface area contributed by atoms with Crippen molar-refractivity contribution in [2.75, 3.05) is 0 Å². The maximum absolute atomic E-state index is 8.49. The predicted octanol–water partition coefficient (Wildman–Crippen LogP) is 11.0. The second kappa shape index (κ2) is 14.9. The van der Waals surface area contributed by atoms with Crippen LogP contribution in [0.1, 0.15) is 41.9 Å². The van der Waals surface area contributed by atoms with Gasteiger partial charge in [0.05, 0.1) is 22.4 Å². The number of nitrogens with zero attached hydrogens (tertiary/aromatic N) is 3. The number of fused-ring (bicyclic) bond motifs is 4. The Bertz CT molecular complexity index is 2550. The van der Waals surface area contributed by atoms with Gasteiger partial charge >= 0.3 is 131 Å². The fourth-order valence-electron chi connectivity index (χ4n) is 6.25. The van der Waals surface area contributed by atoms with Gasteiger partial charge in [0, 0.05) is 32.0 Å². The van der Waals surface area contributed by atoms with Crippen molar-refractivity contribution in [3.63, 3.8) is 0 Å². The number of para-hydroxylation sites is 3. The number of rotatable bonds is 6. The largest absolute Gasteiger partial charge is 0.501 e. The molecule has 3 aromatic heterocycles. The molecule has 1 radical (unpaired) electrons. The molecule has 0 bridgehead atoms. The van der Waals surface area contributed by atoms with E-state index < -0.39 is 26.0 Å². The van der Waals surface area contributed by atoms with Gasteiger partial charge in [0.25, 0.3) is 0 Å². The average molecular weight is 897 g/mol. The molecule has 5 aromatic carbocycles. The molecule has 253 valence electrons. The quantitative estimate of drug-likeness (QED) is 0.123. The van der Waals surface area contributed by atoms with Crippen LogP contribution in [-0.4, -0.2) is 27.8 Å². The molecule has 0 aliphatic rings. The molecule has 8 rings (SSSR count). The van der Waals surface area contributed by atoms with E-state index in [1.165, 1.54) is 16.0 Å². The van der Waals surface area contributed by atoms with Crippen LogP contribution in [0.5, 0.6) is 0 Å². The maximum atomic E-state index is 8.49. The number of pyridine rings is 1. The molecule has 0 saturated carbocycles. The van der Waals surface area contributed by atoms with E-state index in [-0.39, 0.29) is 25.7 Å². The standard InChI is InChI=1S/C26H17N2O.C18H24GeN.Ir/c1-2-9-18(10-3-1)17-28-23-15-6-5-14-22(23)27-26(28)21-13-8-12-20-19-11-4-7-16-24(19)29-25(20)21;1-13(2)16-11-18(15-9-7-14(3)8-10-15)20-12-17(16)19(4,5)6;/h1-12,14-16H,17H2;7-9,11-13H,1-6H3;/q2*-1;/i;3D3,13D;. The summed E-state index contributed by atoms with van der Waals surface area (Å²) >= 11 is -2.14. The summed E-state index contributed by atoms with van der Waals surface area (Å²) in [6, 6.07) is 44.1. The normalized spacial score (nSPS) is 13.1. The van der Waals surface area contributed by atoms with E-state index in [0.29, 0.717) is 0 Å². The van der Waals surface area contributed by atoms with E-state index >= 15 is 0 Å². The van der Waals surface area contributed by atoms with E-state index in [9.17, 15) is 0 Å². The third kappa shape index (κ3) is 7.27. The summed E-state index contributed by atoms with van der Waals surface area (Å²) < 4.78 is 40.5. The van der Waals surface area contributed by atoms with Crippen LogP contribution in [0.15, 0.2) is 126 Å². The predicted molar refractivity (Wildman–Crippen MR) is 207 cm³/mol. The fourth-order valence-corrected chi connectivity index (χ4v) is 9.57. The Balaban J connectivity index is 0.000000185. The van der Waals surface area contributed by atoms with Gasteiger partial charge in [0.1, 0.15) is 5.58 Å². The number of aryl methyl sites for hydroxylation is 1. The van der Waals surface area contributed by atoms with Gasteiger partial charge in [-0.1, -0.05) is 71.6 Å². The van der Waals surface area contributed by atoms with E-state index in [4.69, 9.17) is 14.9 Å². The summed E-state index contributed by atoms with van der Waals surface area (Å²) in [6.07, 6.45) is 1.91. The van der Waals surface area contributed by atoms with Gasteiger partial charge < -0.3 is 8.98 Å². The second-order valence-corrected chi connectivity index (χ2v) is 24.1. The van der Waals surface area contributed by atoms with Gasteiger partial charge in [0.2, 0.25) is 0 Å². The fraction of sp³-hybridized carbons (Fsp3) is 0.182. The van der Waals surface area contributed by atoms with E-state index in [1.807, 2.05) is 62.5 Å². The first-order chi connectivity index (χ1) is 25.2. The third-order valence-corrected chi connectivity index (χ3v) is 13.0. The van der Waals surface area contributed by atoms with Crippen LogP contribution in [0.25, 0.3) is 55.6 Å². The number of hydrogen-bond donors (Lipinski definition) is 0. The summed E-state index contributed by atoms with van der Waals surface area (Å²) in [5, 5.41) is 2.20. The van der Waals surface area contributed by atoms with Crippen LogP contribution in [-0.2, 0) is 26.7 Å². The number of imidazole rings is 1. The Labute approximate surface area is 316 Å². The SMILES string of the molecule is [2H]C([2H])([2H])c1c[c-]c(-c2cc(C([2H])(C)C)[c]([Ge]([CH3])([CH3])[CH3])cn2)cc1.[Ir].[c-]1ccc2c(oc3ccccc32)c1-c1nc2ccccc2n1Cc1ccccc1. The Morgan fingerprint density at radius 2 is 1.64 bits per heavy atom. The molecule has 0 spiro atoms. The topological polar surface area (TPSA) is 43.9 Å². The molecule has 0 N–H and O–H groups in total. The van der Waals surface area contributed by atoms with Crippen molar-refractivity contribution < 1.29 is 30.0 Å².